The summed E-state index contributed by atoms with van der Waals surface area (Å²) in [5.74, 6) is 1.44. The van der Waals surface area contributed by atoms with Gasteiger partial charge in [0.05, 0.1) is 5.71 Å². The Hall–Kier alpha value is -2.43. The third kappa shape index (κ3) is 2.63. The van der Waals surface area contributed by atoms with Gasteiger partial charge in [0, 0.05) is 5.56 Å². The van der Waals surface area contributed by atoms with Gasteiger partial charge in [-0.25, -0.2) is 9.98 Å². The molecule has 28 heavy (non-hydrogen) atoms. The second-order valence-electron chi connectivity index (χ2n) is 9.10. The zero-order valence-electron chi connectivity index (χ0n) is 17.0. The maximum Gasteiger partial charge on any atom is 0.246 e. The van der Waals surface area contributed by atoms with Crippen molar-refractivity contribution >= 4 is 17.2 Å². The highest BCUT2D eigenvalue weighted by Gasteiger charge is 2.41. The third-order valence-electron chi connectivity index (χ3n) is 6.77. The summed E-state index contributed by atoms with van der Waals surface area (Å²) in [5.41, 5.74) is 11.6. The van der Waals surface area contributed by atoms with Crippen molar-refractivity contribution in [1.29, 1.82) is 0 Å². The topological polar surface area (TPSA) is 73.4 Å². The van der Waals surface area contributed by atoms with Gasteiger partial charge in [0.25, 0.3) is 0 Å². The molecule has 3 aliphatic rings. The van der Waals surface area contributed by atoms with Gasteiger partial charge in [-0.05, 0) is 69.1 Å². The highest BCUT2D eigenvalue weighted by atomic mass is 16.5. The van der Waals surface area contributed by atoms with E-state index in [4.69, 9.17) is 15.5 Å². The molecule has 1 aliphatic heterocycles. The summed E-state index contributed by atoms with van der Waals surface area (Å²) in [6, 6.07) is 6.91. The van der Waals surface area contributed by atoms with E-state index < -0.39 is 5.60 Å². The van der Waals surface area contributed by atoms with Crippen molar-refractivity contribution in [3.8, 4) is 5.88 Å². The molecule has 1 aromatic heterocycles. The Morgan fingerprint density at radius 1 is 1.04 bits per heavy atom. The third-order valence-corrected chi connectivity index (χ3v) is 6.77. The number of anilines is 1. The summed E-state index contributed by atoms with van der Waals surface area (Å²) >= 11 is 0. The van der Waals surface area contributed by atoms with E-state index in [9.17, 15) is 0 Å². The van der Waals surface area contributed by atoms with Crippen LogP contribution in [0.3, 0.4) is 0 Å². The molecule has 0 radical (unpaired) electrons. The number of hydrogen-bond acceptors (Lipinski definition) is 5. The van der Waals surface area contributed by atoms with E-state index in [1.165, 1.54) is 50.5 Å². The Bertz CT molecular complexity index is 986. The Morgan fingerprint density at radius 3 is 2.61 bits per heavy atom. The fourth-order valence-corrected chi connectivity index (χ4v) is 5.41. The van der Waals surface area contributed by atoms with Crippen LogP contribution in [0.15, 0.2) is 23.2 Å². The van der Waals surface area contributed by atoms with Crippen LogP contribution in [0.4, 0.5) is 11.5 Å². The first kappa shape index (κ1) is 17.7. The van der Waals surface area contributed by atoms with Crippen molar-refractivity contribution in [3.05, 3.63) is 40.7 Å². The van der Waals surface area contributed by atoms with Crippen LogP contribution in [-0.4, -0.2) is 21.3 Å². The summed E-state index contributed by atoms with van der Waals surface area (Å²) in [7, 11) is 0. The van der Waals surface area contributed by atoms with E-state index in [0.29, 0.717) is 28.6 Å². The zero-order valence-corrected chi connectivity index (χ0v) is 17.0. The summed E-state index contributed by atoms with van der Waals surface area (Å²) in [6.45, 7) is 5.89. The van der Waals surface area contributed by atoms with E-state index >= 15 is 0 Å². The highest BCUT2D eigenvalue weighted by Crippen LogP contribution is 2.49. The predicted molar refractivity (Wildman–Crippen MR) is 112 cm³/mol. The Balaban J connectivity index is 1.58. The molecule has 0 atom stereocenters. The monoisotopic (exact) mass is 376 g/mol. The minimum Gasteiger partial charge on any atom is -0.463 e. The molecule has 0 bridgehead atoms. The van der Waals surface area contributed by atoms with Gasteiger partial charge in [0.15, 0.2) is 11.5 Å². The van der Waals surface area contributed by atoms with E-state index in [1.54, 1.807) is 5.56 Å². The lowest BCUT2D eigenvalue weighted by atomic mass is 9.70. The number of aliphatic imine (C=N–C) groups is 1. The molecule has 2 aliphatic carbocycles. The van der Waals surface area contributed by atoms with Crippen molar-refractivity contribution in [2.45, 2.75) is 76.7 Å². The second kappa shape index (κ2) is 6.03. The number of nitrogens with two attached hydrogens (primary N) is 1. The second-order valence-corrected chi connectivity index (χ2v) is 9.10. The van der Waals surface area contributed by atoms with Gasteiger partial charge < -0.3 is 10.5 Å². The van der Waals surface area contributed by atoms with Crippen LogP contribution in [0.2, 0.25) is 0 Å². The van der Waals surface area contributed by atoms with Crippen LogP contribution in [0.1, 0.15) is 74.9 Å². The number of ether oxygens (including phenoxy) is 1. The van der Waals surface area contributed by atoms with Gasteiger partial charge in [-0.15, -0.1) is 0 Å². The van der Waals surface area contributed by atoms with E-state index in [2.05, 4.69) is 28.2 Å². The zero-order chi connectivity index (χ0) is 19.5. The summed E-state index contributed by atoms with van der Waals surface area (Å²) in [5, 5.41) is 0. The molecular weight excluding hydrogens is 348 g/mol. The van der Waals surface area contributed by atoms with E-state index in [1.807, 2.05) is 20.8 Å². The molecule has 0 unspecified atom stereocenters. The van der Waals surface area contributed by atoms with Crippen LogP contribution >= 0.6 is 0 Å². The van der Waals surface area contributed by atoms with Gasteiger partial charge in [0.2, 0.25) is 5.88 Å². The smallest absolute Gasteiger partial charge is 0.246 e. The number of nitrogens with zero attached hydrogens (tertiary/aromatic N) is 3. The fourth-order valence-electron chi connectivity index (χ4n) is 5.41. The quantitative estimate of drug-likeness (QED) is 0.775. The Morgan fingerprint density at radius 2 is 1.82 bits per heavy atom. The lowest BCUT2D eigenvalue weighted by Crippen LogP contribution is -2.41. The lowest BCUT2D eigenvalue weighted by molar-refractivity contribution is 0.171. The minimum atomic E-state index is -0.574. The van der Waals surface area contributed by atoms with Crippen molar-refractivity contribution in [2.75, 3.05) is 5.73 Å². The molecule has 5 heteroatoms. The molecule has 5 rings (SSSR count). The number of nitrogen functional groups attached to an aromatic ring is 1. The molecule has 2 aromatic rings. The molecule has 2 heterocycles. The molecular formula is C23H28N4O. The normalized spacial score (nSPS) is 21.6. The molecule has 0 saturated heterocycles. The lowest BCUT2D eigenvalue weighted by Gasteiger charge is -2.35. The number of rotatable bonds is 1. The predicted octanol–water partition coefficient (Wildman–Crippen LogP) is 4.81. The minimum absolute atomic E-state index is 0.373. The van der Waals surface area contributed by atoms with Crippen LogP contribution < -0.4 is 10.5 Å². The largest absolute Gasteiger partial charge is 0.463 e. The first-order valence-electron chi connectivity index (χ1n) is 10.4. The fraction of sp³-hybridized carbons (Fsp3) is 0.522. The summed E-state index contributed by atoms with van der Waals surface area (Å²) in [6.07, 6.45) is 9.26. The van der Waals surface area contributed by atoms with Crippen molar-refractivity contribution in [1.82, 2.24) is 9.97 Å². The van der Waals surface area contributed by atoms with Gasteiger partial charge in [-0.3, -0.25) is 0 Å². The molecule has 1 saturated carbocycles. The molecule has 1 spiro atoms. The van der Waals surface area contributed by atoms with Crippen molar-refractivity contribution in [2.24, 2.45) is 4.99 Å². The van der Waals surface area contributed by atoms with Crippen molar-refractivity contribution in [3.63, 3.8) is 0 Å². The van der Waals surface area contributed by atoms with Gasteiger partial charge in [-0.2, -0.15) is 4.98 Å². The van der Waals surface area contributed by atoms with Gasteiger partial charge in [0.1, 0.15) is 11.4 Å². The summed E-state index contributed by atoms with van der Waals surface area (Å²) in [4.78, 5) is 13.5. The van der Waals surface area contributed by atoms with E-state index in [0.717, 1.165) is 11.3 Å². The molecule has 2 N–H and O–H groups in total. The SMILES string of the molecule is Cc1nc(N)c2c(n1)OC(C)(C)C(c1ccc3c(c1)CCC31CCCCC1)=N2. The van der Waals surface area contributed by atoms with Crippen LogP contribution in [0.25, 0.3) is 0 Å². The van der Waals surface area contributed by atoms with Crippen LogP contribution in [-0.2, 0) is 11.8 Å². The summed E-state index contributed by atoms with van der Waals surface area (Å²) < 4.78 is 6.22. The van der Waals surface area contributed by atoms with Crippen LogP contribution in [0.5, 0.6) is 5.88 Å². The maximum atomic E-state index is 6.22. The average molecular weight is 377 g/mol. The molecule has 5 nitrogen and oxygen atoms in total. The van der Waals surface area contributed by atoms with Gasteiger partial charge in [-0.1, -0.05) is 31.4 Å². The first-order valence-corrected chi connectivity index (χ1v) is 10.4. The average Bonchev–Trinajstić information content (AvgIpc) is 2.98. The Kier molecular flexibility index (Phi) is 3.80. The van der Waals surface area contributed by atoms with Gasteiger partial charge >= 0.3 is 0 Å². The number of aryl methyl sites for hydroxylation is 2. The maximum absolute atomic E-state index is 6.22. The molecule has 0 amide bonds. The Labute approximate surface area is 166 Å². The molecule has 146 valence electrons. The number of fused-ring (bicyclic) bond motifs is 3. The standard InChI is InChI=1S/C23H28N4O/c1-14-25-20(24)18-21(26-14)28-22(2,3)19(27-18)16-7-8-17-15(13-16)9-12-23(17)10-5-4-6-11-23/h7-8,13H,4-6,9-12H2,1-3H3,(H2,24,25,26). The molecule has 1 fully saturated rings. The molecule has 1 aromatic carbocycles. The van der Waals surface area contributed by atoms with Crippen molar-refractivity contribution < 1.29 is 4.74 Å². The number of hydrogen-bond donors (Lipinski definition) is 1. The van der Waals surface area contributed by atoms with Crippen LogP contribution in [0, 0.1) is 6.92 Å². The van der Waals surface area contributed by atoms with E-state index in [-0.39, 0.29) is 0 Å². The number of aromatic nitrogens is 2. The number of benzene rings is 1. The first-order chi connectivity index (χ1) is 13.4. The highest BCUT2D eigenvalue weighted by molar-refractivity contribution is 6.09.